The Bertz CT molecular complexity index is 2250. The third-order valence-electron chi connectivity index (χ3n) is 16.0. The number of rotatable bonds is 12. The summed E-state index contributed by atoms with van der Waals surface area (Å²) in [5, 5.41) is 34.9. The summed E-state index contributed by atoms with van der Waals surface area (Å²) in [6.45, 7) is 29.1. The Labute approximate surface area is 496 Å². The number of nitrogens with zero attached hydrogens (tertiary/aromatic N) is 7. The van der Waals surface area contributed by atoms with Crippen LogP contribution >= 0.6 is 0 Å². The lowest BCUT2D eigenvalue weighted by atomic mass is 9.85. The lowest BCUT2D eigenvalue weighted by Crippen LogP contribution is -2.63. The fourth-order valence-corrected chi connectivity index (χ4v) is 10.2. The second-order valence-electron chi connectivity index (χ2n) is 25.9. The van der Waals surface area contributed by atoms with Gasteiger partial charge in [-0.1, -0.05) is 102 Å². The minimum atomic E-state index is -1.60. The molecule has 0 spiro atoms. The second-order valence-corrected chi connectivity index (χ2v) is 25.9. The van der Waals surface area contributed by atoms with Gasteiger partial charge in [0, 0.05) is 49.3 Å². The molecule has 2 unspecified atom stereocenters. The first kappa shape index (κ1) is 75.3. The van der Waals surface area contributed by atoms with Gasteiger partial charge >= 0.3 is 0 Å². The smallest absolute Gasteiger partial charge is 0.246 e. The van der Waals surface area contributed by atoms with Crippen LogP contribution in [0.5, 0.6) is 0 Å². The molecule has 83 heavy (non-hydrogen) atoms. The molecular weight excluding hydrogens is 1070 g/mol. The molecule has 0 radical (unpaired) electrons. The first-order valence-corrected chi connectivity index (χ1v) is 29.6. The number of likely N-dealkylation sites (N-methyl/N-ethyl adjacent to an activating group) is 7. The van der Waals surface area contributed by atoms with Gasteiger partial charge in [-0.2, -0.15) is 0 Å². The number of nitrogens with one attached hydrogen (secondary N) is 4. The second kappa shape index (κ2) is 33.1. The van der Waals surface area contributed by atoms with Gasteiger partial charge in [0.25, 0.3) is 0 Å². The number of allylic oxidation sites excluding steroid dienone is 2. The fraction of sp³-hybridized carbons (Fsp3) is 0.800. The molecule has 0 aliphatic carbocycles. The van der Waals surface area contributed by atoms with Crippen molar-refractivity contribution in [2.24, 2.45) is 35.0 Å². The zero-order chi connectivity index (χ0) is 64.6. The lowest BCUT2D eigenvalue weighted by Gasteiger charge is -2.41. The minimum Gasteiger partial charge on any atom is -0.390 e. The number of amides is 10. The predicted octanol–water partition coefficient (Wildman–Crippen LogP) is 2.42. The molecule has 0 aromatic rings. The molecule has 0 aromatic heterocycles. The van der Waals surface area contributed by atoms with Crippen molar-refractivity contribution in [1.29, 1.82) is 0 Å². The van der Waals surface area contributed by atoms with Crippen molar-refractivity contribution in [2.45, 2.75) is 223 Å². The van der Waals surface area contributed by atoms with E-state index in [4.69, 9.17) is 0 Å². The molecule has 10 amide bonds. The van der Waals surface area contributed by atoms with E-state index in [0.717, 1.165) is 9.80 Å². The predicted molar refractivity (Wildman–Crippen MR) is 320 cm³/mol. The Hall–Kier alpha value is -5.68. The number of carbonyl (C=O) groups is 10. The average Bonchev–Trinajstić information content (AvgIpc) is 3.43. The molecule has 1 fully saturated rings. The van der Waals surface area contributed by atoms with Gasteiger partial charge in [-0.25, -0.2) is 0 Å². The highest BCUT2D eigenvalue weighted by atomic mass is 16.3. The average molecular weight is 1180 g/mol. The maximum absolute atomic E-state index is 15.1. The Morgan fingerprint density at radius 3 is 1.49 bits per heavy atom. The lowest BCUT2D eigenvalue weighted by molar-refractivity contribution is -0.157. The number of hydrogen-bond acceptors (Lipinski definition) is 13. The van der Waals surface area contributed by atoms with Gasteiger partial charge in [0.2, 0.25) is 59.1 Å². The molecule has 1 saturated heterocycles. The van der Waals surface area contributed by atoms with Gasteiger partial charge in [-0.3, -0.25) is 53.3 Å². The molecule has 1 heterocycles. The summed E-state index contributed by atoms with van der Waals surface area (Å²) < 4.78 is 0. The summed E-state index contributed by atoms with van der Waals surface area (Å²) in [6, 6.07) is -12.1. The van der Waals surface area contributed by atoms with Gasteiger partial charge in [-0.05, 0) is 94.8 Å². The van der Waals surface area contributed by atoms with Gasteiger partial charge in [0.1, 0.15) is 54.6 Å². The molecule has 13 atom stereocenters. The van der Waals surface area contributed by atoms with Crippen LogP contribution in [0.25, 0.3) is 0 Å². The van der Waals surface area contributed by atoms with Crippen molar-refractivity contribution in [3.8, 4) is 0 Å². The van der Waals surface area contributed by atoms with Crippen LogP contribution in [-0.2, 0) is 47.9 Å². The monoisotopic (exact) mass is 1180 g/mol. The highest BCUT2D eigenvalue weighted by Crippen LogP contribution is 2.26. The number of aliphatic hydroxyl groups excluding tert-OH is 2. The zero-order valence-electron chi connectivity index (χ0n) is 54.8. The van der Waals surface area contributed by atoms with E-state index < -0.39 is 156 Å². The van der Waals surface area contributed by atoms with Crippen molar-refractivity contribution >= 4 is 59.1 Å². The standard InChI is InChI=1S/C60H109N11O12/c1-25-27-28-37(11)48(73)47-53(77)62-41(26-2)55(79)65(18)32-45(72)66(19)39(13)51(75)64-49(60(15,16)17)59(83)67(20)40(14)50(74)63-42(29-33(3)4)52(76)61-38(12)54(78)68(21)43(30-34(5)6)56(80)69(22)44(31-35(7)8)57(81)70(23)46(36(9)10)58(82)71(47)24/h25,27,33-44,46-49,51,64,73,75H,26,28-32H2,1-24H3,(H,61,76)(H,62,77)(H,63,74)/b27-25+/t37-,38-,39+,40+,41+,42?,43+,44-,46+,47+,48-,49-,51?/m1/s1. The highest BCUT2D eigenvalue weighted by molar-refractivity contribution is 5.98. The van der Waals surface area contributed by atoms with Crippen LogP contribution in [0.4, 0.5) is 0 Å². The van der Waals surface area contributed by atoms with Crippen molar-refractivity contribution in [3.05, 3.63) is 12.2 Å². The van der Waals surface area contributed by atoms with Gasteiger partial charge in [-0.15, -0.1) is 0 Å². The van der Waals surface area contributed by atoms with Crippen molar-refractivity contribution in [1.82, 2.24) is 55.6 Å². The van der Waals surface area contributed by atoms with Crippen molar-refractivity contribution in [3.63, 3.8) is 0 Å². The molecule has 23 nitrogen and oxygen atoms in total. The Morgan fingerprint density at radius 1 is 0.566 bits per heavy atom. The van der Waals surface area contributed by atoms with Gasteiger partial charge < -0.3 is 60.5 Å². The maximum Gasteiger partial charge on any atom is 0.246 e. The normalized spacial score (nSPS) is 28.3. The quantitative estimate of drug-likeness (QED) is 0.153. The third-order valence-corrected chi connectivity index (χ3v) is 16.0. The summed E-state index contributed by atoms with van der Waals surface area (Å²) >= 11 is 0. The summed E-state index contributed by atoms with van der Waals surface area (Å²) in [4.78, 5) is 154. The Morgan fingerprint density at radius 2 is 1.04 bits per heavy atom. The van der Waals surface area contributed by atoms with Crippen LogP contribution in [0.3, 0.4) is 0 Å². The molecule has 1 aliphatic heterocycles. The first-order chi connectivity index (χ1) is 38.1. The van der Waals surface area contributed by atoms with E-state index in [-0.39, 0.29) is 43.4 Å². The molecule has 0 aromatic carbocycles. The topological polar surface area (TPSA) is 282 Å². The van der Waals surface area contributed by atoms with Crippen LogP contribution in [-0.4, -0.2) is 232 Å². The number of carbonyl (C=O) groups excluding carboxylic acids is 10. The van der Waals surface area contributed by atoms with E-state index in [1.807, 2.05) is 47.6 Å². The third kappa shape index (κ3) is 20.8. The molecular formula is C60H109N11O12. The van der Waals surface area contributed by atoms with Gasteiger partial charge in [0.05, 0.1) is 24.7 Å². The summed E-state index contributed by atoms with van der Waals surface area (Å²) in [6.07, 6.45) is 1.39. The van der Waals surface area contributed by atoms with Crippen LogP contribution in [0.1, 0.15) is 150 Å². The SMILES string of the molecule is C/C=C/C[C@@H](C)[C@@H](O)[C@H]1C(=O)N[C@@H](CC)C(=O)N(C)CC(=O)N(C)[C@@H](C)C(O)N[C@@H](C(C)(C)C)C(=O)N(C)[C@@H](C)C(=O)NC(CC(C)C)C(=O)N[C@H](C)C(=O)N(C)[C@@H](CC(C)C)C(=O)N(C)[C@H](CC(C)C)C(=O)N(C)[C@@H](C(C)C)C(=O)N1C. The van der Waals surface area contributed by atoms with Crippen molar-refractivity contribution < 1.29 is 58.2 Å². The molecule has 1 aliphatic rings. The minimum absolute atomic E-state index is 0.0351. The van der Waals surface area contributed by atoms with E-state index in [9.17, 15) is 48.6 Å². The summed E-state index contributed by atoms with van der Waals surface area (Å²) in [7, 11) is 9.91. The molecule has 476 valence electrons. The molecule has 23 heteroatoms. The number of aliphatic hydroxyl groups is 2. The molecule has 0 bridgehead atoms. The Balaban J connectivity index is 4.27. The largest absolute Gasteiger partial charge is 0.390 e. The van der Waals surface area contributed by atoms with Gasteiger partial charge in [0.15, 0.2) is 0 Å². The zero-order valence-corrected chi connectivity index (χ0v) is 54.8. The first-order valence-electron chi connectivity index (χ1n) is 29.6. The summed E-state index contributed by atoms with van der Waals surface area (Å²) in [5.41, 5.74) is -0.876. The molecule has 0 saturated carbocycles. The van der Waals surface area contributed by atoms with E-state index in [1.165, 1.54) is 87.7 Å². The van der Waals surface area contributed by atoms with Crippen LogP contribution in [0.2, 0.25) is 0 Å². The van der Waals surface area contributed by atoms with E-state index >= 15 is 9.59 Å². The van der Waals surface area contributed by atoms with Crippen LogP contribution in [0.15, 0.2) is 12.2 Å². The highest BCUT2D eigenvalue weighted by Gasteiger charge is 2.46. The summed E-state index contributed by atoms with van der Waals surface area (Å²) in [5.74, 6) is -8.24. The molecule has 1 rings (SSSR count). The Kier molecular flexibility index (Phi) is 30.1. The van der Waals surface area contributed by atoms with Crippen LogP contribution < -0.4 is 21.3 Å². The fourth-order valence-electron chi connectivity index (χ4n) is 10.2. The molecule has 6 N–H and O–H groups in total. The maximum atomic E-state index is 15.1. The van der Waals surface area contributed by atoms with Crippen LogP contribution in [0, 0.1) is 35.0 Å². The van der Waals surface area contributed by atoms with E-state index in [1.54, 1.807) is 68.4 Å². The van der Waals surface area contributed by atoms with E-state index in [2.05, 4.69) is 21.3 Å². The van der Waals surface area contributed by atoms with E-state index in [0.29, 0.717) is 6.42 Å². The van der Waals surface area contributed by atoms with Crippen molar-refractivity contribution in [2.75, 3.05) is 55.9 Å². The number of hydrogen-bond donors (Lipinski definition) is 6.